The Morgan fingerprint density at radius 2 is 2.26 bits per heavy atom. The van der Waals surface area contributed by atoms with Crippen molar-refractivity contribution in [1.82, 2.24) is 15.3 Å². The first kappa shape index (κ1) is 14.1. The summed E-state index contributed by atoms with van der Waals surface area (Å²) in [4.78, 5) is 21.6. The molecule has 2 aromatic rings. The Labute approximate surface area is 120 Å². The van der Waals surface area contributed by atoms with Gasteiger partial charge in [0.15, 0.2) is 0 Å². The molecule has 0 spiro atoms. The standard InChI is InChI=1S/C12H16N4OS2/c1-7(6-18-2)5-16-11(17)10-8(13)9-12(19-10)15-4-3-14-9/h3-4,7H,5-6,13H2,1-2H3,(H,16,17). The number of carbonyl (C=O) groups is 1. The van der Waals surface area contributed by atoms with Crippen LogP contribution in [0, 0.1) is 5.92 Å². The number of nitrogens with zero attached hydrogens (tertiary/aromatic N) is 2. The molecule has 5 nitrogen and oxygen atoms in total. The Balaban J connectivity index is 2.11. The second-order valence-corrected chi connectivity index (χ2v) is 6.24. The van der Waals surface area contributed by atoms with Crippen LogP contribution in [0.2, 0.25) is 0 Å². The molecule has 102 valence electrons. The van der Waals surface area contributed by atoms with Crippen LogP contribution in [0.25, 0.3) is 10.3 Å². The molecule has 0 saturated carbocycles. The highest BCUT2D eigenvalue weighted by Crippen LogP contribution is 2.30. The maximum Gasteiger partial charge on any atom is 0.263 e. The Kier molecular flexibility index (Phi) is 4.60. The van der Waals surface area contributed by atoms with Crippen molar-refractivity contribution >= 4 is 45.0 Å². The summed E-state index contributed by atoms with van der Waals surface area (Å²) in [5, 5.41) is 2.91. The van der Waals surface area contributed by atoms with E-state index in [1.807, 2.05) is 0 Å². The zero-order valence-corrected chi connectivity index (χ0v) is 12.5. The zero-order valence-electron chi connectivity index (χ0n) is 10.8. The van der Waals surface area contributed by atoms with Crippen molar-refractivity contribution in [3.05, 3.63) is 17.3 Å². The SMILES string of the molecule is CSCC(C)CNC(=O)c1sc2nccnc2c1N. The Morgan fingerprint density at radius 3 is 2.95 bits per heavy atom. The number of aromatic nitrogens is 2. The summed E-state index contributed by atoms with van der Waals surface area (Å²) in [6.07, 6.45) is 5.23. The molecule has 0 aliphatic rings. The van der Waals surface area contributed by atoms with Gasteiger partial charge in [-0.05, 0) is 17.9 Å². The van der Waals surface area contributed by atoms with Crippen molar-refractivity contribution in [2.24, 2.45) is 5.92 Å². The van der Waals surface area contributed by atoms with E-state index in [-0.39, 0.29) is 5.91 Å². The Bertz CT molecular complexity index is 584. The number of nitrogens with one attached hydrogen (secondary N) is 1. The van der Waals surface area contributed by atoms with Crippen LogP contribution in [0.15, 0.2) is 12.4 Å². The summed E-state index contributed by atoms with van der Waals surface area (Å²) in [5.41, 5.74) is 6.97. The van der Waals surface area contributed by atoms with Crippen LogP contribution in [-0.4, -0.2) is 34.4 Å². The van der Waals surface area contributed by atoms with Crippen LogP contribution in [0.5, 0.6) is 0 Å². The molecule has 1 unspecified atom stereocenters. The molecule has 0 fully saturated rings. The van der Waals surface area contributed by atoms with Crippen molar-refractivity contribution in [2.75, 3.05) is 24.3 Å². The number of hydrogen-bond donors (Lipinski definition) is 2. The molecule has 0 aliphatic carbocycles. The minimum Gasteiger partial charge on any atom is -0.396 e. The minimum atomic E-state index is -0.143. The van der Waals surface area contributed by atoms with E-state index in [1.54, 1.807) is 24.2 Å². The predicted octanol–water partition coefficient (Wildman–Crippen LogP) is 2.00. The predicted molar refractivity (Wildman–Crippen MR) is 81.7 cm³/mol. The number of thioether (sulfide) groups is 1. The lowest BCUT2D eigenvalue weighted by Gasteiger charge is -2.10. The Morgan fingerprint density at radius 1 is 1.53 bits per heavy atom. The molecule has 2 rings (SSSR count). The van der Waals surface area contributed by atoms with E-state index in [1.165, 1.54) is 11.3 Å². The number of carbonyl (C=O) groups excluding carboxylic acids is 1. The maximum absolute atomic E-state index is 12.1. The average molecular weight is 296 g/mol. The topological polar surface area (TPSA) is 80.9 Å². The van der Waals surface area contributed by atoms with Crippen molar-refractivity contribution in [2.45, 2.75) is 6.92 Å². The summed E-state index contributed by atoms with van der Waals surface area (Å²) >= 11 is 3.05. The largest absolute Gasteiger partial charge is 0.396 e. The van der Waals surface area contributed by atoms with Crippen LogP contribution in [-0.2, 0) is 0 Å². The molecule has 1 atom stereocenters. The van der Waals surface area contributed by atoms with Gasteiger partial charge in [0.1, 0.15) is 15.2 Å². The summed E-state index contributed by atoms with van der Waals surface area (Å²) in [6.45, 7) is 2.75. The first-order valence-electron chi connectivity index (χ1n) is 5.89. The maximum atomic E-state index is 12.1. The third kappa shape index (κ3) is 3.16. The van der Waals surface area contributed by atoms with Crippen LogP contribution in [0.3, 0.4) is 0 Å². The number of rotatable bonds is 5. The third-order valence-corrected chi connectivity index (χ3v) is 4.64. The van der Waals surface area contributed by atoms with Gasteiger partial charge in [-0.2, -0.15) is 11.8 Å². The number of amides is 1. The molecule has 0 radical (unpaired) electrons. The van der Waals surface area contributed by atoms with Gasteiger partial charge in [0.25, 0.3) is 5.91 Å². The fourth-order valence-electron chi connectivity index (χ4n) is 1.70. The molecule has 2 heterocycles. The number of nitrogens with two attached hydrogens (primary N) is 1. The van der Waals surface area contributed by atoms with E-state index in [4.69, 9.17) is 5.73 Å². The first-order chi connectivity index (χ1) is 9.13. The van der Waals surface area contributed by atoms with E-state index in [2.05, 4.69) is 28.5 Å². The summed E-state index contributed by atoms with van der Waals surface area (Å²) in [5.74, 6) is 1.31. The lowest BCUT2D eigenvalue weighted by molar-refractivity contribution is 0.0954. The molecule has 1 amide bonds. The lowest BCUT2D eigenvalue weighted by Crippen LogP contribution is -2.28. The van der Waals surface area contributed by atoms with Gasteiger partial charge >= 0.3 is 0 Å². The van der Waals surface area contributed by atoms with Gasteiger partial charge in [0.05, 0.1) is 5.69 Å². The average Bonchev–Trinajstić information content (AvgIpc) is 2.74. The zero-order chi connectivity index (χ0) is 13.8. The van der Waals surface area contributed by atoms with Gasteiger partial charge in [0.2, 0.25) is 0 Å². The van der Waals surface area contributed by atoms with Gasteiger partial charge in [-0.15, -0.1) is 11.3 Å². The quantitative estimate of drug-likeness (QED) is 0.882. The Hall–Kier alpha value is -1.34. The minimum absolute atomic E-state index is 0.143. The van der Waals surface area contributed by atoms with Gasteiger partial charge in [-0.3, -0.25) is 4.79 Å². The number of nitrogen functional groups attached to an aromatic ring is 1. The van der Waals surface area contributed by atoms with Crippen molar-refractivity contribution in [3.63, 3.8) is 0 Å². The summed E-state index contributed by atoms with van der Waals surface area (Å²) < 4.78 is 0. The summed E-state index contributed by atoms with van der Waals surface area (Å²) in [7, 11) is 0. The number of fused-ring (bicyclic) bond motifs is 1. The van der Waals surface area contributed by atoms with Crippen LogP contribution in [0.1, 0.15) is 16.6 Å². The van der Waals surface area contributed by atoms with E-state index >= 15 is 0 Å². The van der Waals surface area contributed by atoms with E-state index in [0.29, 0.717) is 33.4 Å². The molecule has 0 aromatic carbocycles. The molecule has 0 bridgehead atoms. The lowest BCUT2D eigenvalue weighted by atomic mass is 10.2. The molecule has 0 aliphatic heterocycles. The molecule has 3 N–H and O–H groups in total. The van der Waals surface area contributed by atoms with Crippen LogP contribution < -0.4 is 11.1 Å². The highest BCUT2D eigenvalue weighted by molar-refractivity contribution is 7.98. The van der Waals surface area contributed by atoms with Gasteiger partial charge in [0, 0.05) is 18.9 Å². The number of thiophene rings is 1. The highest BCUT2D eigenvalue weighted by atomic mass is 32.2. The first-order valence-corrected chi connectivity index (χ1v) is 8.10. The molecule has 0 saturated heterocycles. The van der Waals surface area contributed by atoms with Gasteiger partial charge in [-0.25, -0.2) is 9.97 Å². The van der Waals surface area contributed by atoms with Crippen LogP contribution >= 0.6 is 23.1 Å². The van der Waals surface area contributed by atoms with Crippen molar-refractivity contribution in [1.29, 1.82) is 0 Å². The fraction of sp³-hybridized carbons (Fsp3) is 0.417. The second-order valence-electron chi connectivity index (χ2n) is 4.33. The number of hydrogen-bond acceptors (Lipinski definition) is 6. The van der Waals surface area contributed by atoms with Gasteiger partial charge in [-0.1, -0.05) is 6.92 Å². The molecular weight excluding hydrogens is 280 g/mol. The fourth-order valence-corrected chi connectivity index (χ4v) is 3.33. The van der Waals surface area contributed by atoms with E-state index in [9.17, 15) is 4.79 Å². The van der Waals surface area contributed by atoms with Gasteiger partial charge < -0.3 is 11.1 Å². The molecular formula is C12H16N4OS2. The van der Waals surface area contributed by atoms with E-state index < -0.39 is 0 Å². The smallest absolute Gasteiger partial charge is 0.263 e. The molecule has 2 aromatic heterocycles. The monoisotopic (exact) mass is 296 g/mol. The molecule has 19 heavy (non-hydrogen) atoms. The van der Waals surface area contributed by atoms with E-state index in [0.717, 1.165) is 5.75 Å². The number of anilines is 1. The molecule has 7 heteroatoms. The third-order valence-electron chi connectivity index (χ3n) is 2.63. The summed E-state index contributed by atoms with van der Waals surface area (Å²) in [6, 6.07) is 0. The van der Waals surface area contributed by atoms with Crippen LogP contribution in [0.4, 0.5) is 5.69 Å². The highest BCUT2D eigenvalue weighted by Gasteiger charge is 2.18. The second kappa shape index (κ2) is 6.21. The van der Waals surface area contributed by atoms with Crippen molar-refractivity contribution in [3.8, 4) is 0 Å². The normalized spacial score (nSPS) is 12.5. The van der Waals surface area contributed by atoms with Crippen molar-refractivity contribution < 1.29 is 4.79 Å².